The summed E-state index contributed by atoms with van der Waals surface area (Å²) in [6.07, 6.45) is 13.2. The van der Waals surface area contributed by atoms with Gasteiger partial charge in [0.25, 0.3) is 0 Å². The number of carboxylic acids is 2. The first-order valence-corrected chi connectivity index (χ1v) is 30.8. The Morgan fingerprint density at radius 1 is 0.316 bits per heavy atom. The van der Waals surface area contributed by atoms with Gasteiger partial charge in [0, 0.05) is 136 Å². The fourth-order valence-corrected chi connectivity index (χ4v) is 8.72. The van der Waals surface area contributed by atoms with Gasteiger partial charge in [-0.2, -0.15) is 0 Å². The molecular formula is C68H90Co4Eu2N18O22+2. The van der Waals surface area contributed by atoms with Crippen LogP contribution in [0.15, 0.2) is 195 Å². The van der Waals surface area contributed by atoms with Crippen LogP contribution in [0, 0.1) is 98.8 Å². The van der Waals surface area contributed by atoms with Crippen LogP contribution in [0.25, 0.3) is 31.9 Å². The van der Waals surface area contributed by atoms with E-state index in [0.29, 0.717) is 52.4 Å². The number of aromatic nitrogens is 8. The number of hydrogen-bond acceptors (Lipinski definition) is 30. The van der Waals surface area contributed by atoms with Gasteiger partial charge in [0.2, 0.25) is 0 Å². The SMILES string of the molecule is CC(=O)[O-].CC(=O)[O-].[Co+3].[Co+3].[Co+3].[Co+3].[Eu+3].[Eu+3].[N-]=[N+]=[N-].[N-]=[N+]=[N-].[O-2].[O-2].[O-]CC(C[O-])(CO)N(Cc1ccccn1)Cc1ccccn1.[O-]CC(C[O-])(CO)N(Cc1ccccn1)Cc1ccccn1.[O-]CC(C[O-])(CO)N(Cc1ccccn1)Cc1ccccn1.[O-]CC(C[O-])(CO)N(Cc1ccccn1)Cc1ccccn1.[OH-].[OH-].[OH3+].[OH3+]. The number of hydrogen-bond donors (Lipinski definition) is 4. The van der Waals surface area contributed by atoms with E-state index in [2.05, 4.69) is 39.9 Å². The third-order valence-corrected chi connectivity index (χ3v) is 14.6. The Morgan fingerprint density at radius 2 is 0.412 bits per heavy atom. The first-order chi connectivity index (χ1) is 49.2. The number of aliphatic carboxylic acids is 2. The van der Waals surface area contributed by atoms with Crippen LogP contribution in [0.4, 0.5) is 0 Å². The van der Waals surface area contributed by atoms with Crippen molar-refractivity contribution in [2.24, 2.45) is 0 Å². The molecule has 0 aliphatic heterocycles. The molecule has 0 fully saturated rings. The molecule has 632 valence electrons. The van der Waals surface area contributed by atoms with Gasteiger partial charge >= 0.3 is 166 Å². The maximum atomic E-state index is 11.6. The molecule has 40 nitrogen and oxygen atoms in total. The Balaban J connectivity index is -0.000000111. The van der Waals surface area contributed by atoms with Crippen LogP contribution in [0.5, 0.6) is 0 Å². The molecular weight excluding hydrogens is 1960 g/mol. The second-order valence-corrected chi connectivity index (χ2v) is 21.8. The maximum Gasteiger partial charge on any atom is 3.00 e. The fraction of sp³-hybridized carbons (Fsp3) is 0.382. The van der Waals surface area contributed by atoms with Crippen molar-refractivity contribution in [3.8, 4) is 0 Å². The van der Waals surface area contributed by atoms with Crippen molar-refractivity contribution in [2.75, 3.05) is 79.3 Å². The van der Waals surface area contributed by atoms with Crippen molar-refractivity contribution in [2.45, 2.75) is 88.4 Å². The second kappa shape index (κ2) is 81.8. The Hall–Kier alpha value is -4.93. The predicted molar refractivity (Wildman–Crippen MR) is 366 cm³/mol. The van der Waals surface area contributed by atoms with E-state index in [-0.39, 0.29) is 199 Å². The molecule has 8 rings (SSSR count). The minimum atomic E-state index is -1.35. The van der Waals surface area contributed by atoms with E-state index in [0.717, 1.165) is 59.4 Å². The summed E-state index contributed by atoms with van der Waals surface area (Å²) in [7, 11) is 0. The Kier molecular flexibility index (Phi) is 97.0. The molecule has 46 heteroatoms. The third kappa shape index (κ3) is 52.8. The van der Waals surface area contributed by atoms with E-state index < -0.39 is 113 Å². The maximum absolute atomic E-state index is 11.6. The molecule has 0 saturated heterocycles. The van der Waals surface area contributed by atoms with Crippen LogP contribution in [-0.2, 0) is 151 Å². The van der Waals surface area contributed by atoms with Crippen LogP contribution in [-0.4, -0.2) is 204 Å². The molecule has 12 N–H and O–H groups in total. The monoisotopic (exact) mass is 2050 g/mol. The molecule has 8 aromatic rings. The van der Waals surface area contributed by atoms with Gasteiger partial charge in [0.05, 0.1) is 72.0 Å². The van der Waals surface area contributed by atoms with Crippen molar-refractivity contribution >= 4 is 11.9 Å². The van der Waals surface area contributed by atoms with Gasteiger partial charge < -0.3 is 136 Å². The van der Waals surface area contributed by atoms with Crippen molar-refractivity contribution < 1.29 is 280 Å². The zero-order valence-corrected chi connectivity index (χ0v) is 70.3. The first kappa shape index (κ1) is 135. The van der Waals surface area contributed by atoms with E-state index in [4.69, 9.17) is 41.9 Å². The van der Waals surface area contributed by atoms with E-state index in [1.54, 1.807) is 118 Å². The van der Waals surface area contributed by atoms with Crippen LogP contribution in [0.2, 0.25) is 0 Å². The van der Waals surface area contributed by atoms with Crippen molar-refractivity contribution in [1.29, 1.82) is 0 Å². The van der Waals surface area contributed by atoms with Crippen molar-refractivity contribution in [3.63, 3.8) is 0 Å². The number of carbonyl (C=O) groups is 2. The van der Waals surface area contributed by atoms with Crippen molar-refractivity contribution in [1.82, 2.24) is 59.5 Å². The molecule has 0 aromatic carbocycles. The van der Waals surface area contributed by atoms with Crippen LogP contribution in [0.1, 0.15) is 59.4 Å². The summed E-state index contributed by atoms with van der Waals surface area (Å²) in [6, 6.07) is 43.7. The molecule has 0 radical (unpaired) electrons. The number of nitrogens with zero attached hydrogens (tertiary/aromatic N) is 18. The van der Waals surface area contributed by atoms with Crippen LogP contribution in [0.3, 0.4) is 0 Å². The Bertz CT molecular complexity index is 2870. The number of pyridine rings is 8. The van der Waals surface area contributed by atoms with Gasteiger partial charge in [-0.15, -0.1) is 52.9 Å². The summed E-state index contributed by atoms with van der Waals surface area (Å²) < 4.78 is 0. The molecule has 0 bridgehead atoms. The molecule has 114 heavy (non-hydrogen) atoms. The number of aliphatic hydroxyl groups excluding tert-OH is 4. The first-order valence-electron chi connectivity index (χ1n) is 30.8. The van der Waals surface area contributed by atoms with E-state index >= 15 is 0 Å². The quantitative estimate of drug-likeness (QED) is 0.0132. The predicted octanol–water partition coefficient (Wildman–Crippen LogP) is -7.48. The number of rotatable bonds is 32. The molecule has 8 aromatic heterocycles. The van der Waals surface area contributed by atoms with E-state index in [9.17, 15) is 61.3 Å². The smallest absolute Gasteiger partial charge is 2.00 e. The Morgan fingerprint density at radius 3 is 0.474 bits per heavy atom. The zero-order chi connectivity index (χ0) is 75.9. The molecule has 0 aliphatic carbocycles. The second-order valence-electron chi connectivity index (χ2n) is 21.8. The minimum Gasteiger partial charge on any atom is -2.00 e. The molecule has 8 heterocycles. The summed E-state index contributed by atoms with van der Waals surface area (Å²) >= 11 is 0. The number of carbonyl (C=O) groups excluding carboxylic acids is 2. The van der Waals surface area contributed by atoms with Gasteiger partial charge in [-0.05, 0) is 111 Å². The molecule has 0 saturated carbocycles. The van der Waals surface area contributed by atoms with Crippen LogP contribution < -0.4 is 51.1 Å². The van der Waals surface area contributed by atoms with E-state index in [1.807, 2.05) is 97.1 Å². The Labute approximate surface area is 782 Å². The number of aliphatic hydroxyl groups is 4. The molecule has 0 unspecified atom stereocenters. The van der Waals surface area contributed by atoms with Crippen molar-refractivity contribution in [3.05, 3.63) is 273 Å². The summed E-state index contributed by atoms with van der Waals surface area (Å²) in [5, 5.41) is 149. The van der Waals surface area contributed by atoms with Gasteiger partial charge in [-0.25, -0.2) is 0 Å². The summed E-state index contributed by atoms with van der Waals surface area (Å²) in [5.74, 6) is -2.17. The molecule has 0 spiro atoms. The summed E-state index contributed by atoms with van der Waals surface area (Å²) in [4.78, 5) is 61.3. The van der Waals surface area contributed by atoms with E-state index in [1.165, 1.54) is 9.82 Å². The van der Waals surface area contributed by atoms with Gasteiger partial charge in [-0.3, -0.25) is 69.3 Å². The summed E-state index contributed by atoms with van der Waals surface area (Å²) in [6.45, 7) is -2.93. The largest absolute Gasteiger partial charge is 3.00 e. The van der Waals surface area contributed by atoms with Gasteiger partial charge in [0.15, 0.2) is 0 Å². The summed E-state index contributed by atoms with van der Waals surface area (Å²) in [5.41, 5.74) is 27.5. The molecule has 0 aliphatic rings. The van der Waals surface area contributed by atoms with Gasteiger partial charge in [0.1, 0.15) is 0 Å². The normalized spacial score (nSPS) is 9.70. The van der Waals surface area contributed by atoms with Gasteiger partial charge in [-0.1, -0.05) is 48.5 Å². The zero-order valence-electron chi connectivity index (χ0n) is 61.3. The molecule has 0 amide bonds. The fourth-order valence-electron chi connectivity index (χ4n) is 8.72. The average Bonchev–Trinajstić information content (AvgIpc) is 0.842. The van der Waals surface area contributed by atoms with Crippen LogP contribution >= 0.6 is 0 Å². The number of carboxylic acid groups (broad SMARTS) is 2. The topological polar surface area (TPSA) is 762 Å². The average molecular weight is 2050 g/mol. The third-order valence-electron chi connectivity index (χ3n) is 14.6. The molecule has 0 atom stereocenters. The minimum absolute atomic E-state index is 0. The standard InChI is InChI=1S/4C16H19N3O3.2C2H4O2.4Co.2Eu.2N3.4H2O.2O/c4*20-11-16(12-21,13-22)19(9-14-5-1-3-7-17-14)10-15-6-2-4-8-18-15;2*1-2(3)4;;;;;;;2*1-3-2;;;;;;/h4*1-8,20H,9-13H2;2*1H3,(H,3,4);;;;;;;;;4*1H2;;/q4*-2;;;6*+3;2*-1;;;;;2*-2/p-2.